The molecule has 1 N–H and O–H groups in total. The molecule has 2 aromatic heterocycles. The average molecular weight is 363 g/mol. The van der Waals surface area contributed by atoms with Crippen molar-refractivity contribution in [2.24, 2.45) is 0 Å². The zero-order valence-corrected chi connectivity index (χ0v) is 15.1. The third kappa shape index (κ3) is 3.28. The Balaban J connectivity index is 1.52. The molecule has 7 heteroatoms. The summed E-state index contributed by atoms with van der Waals surface area (Å²) in [7, 11) is 0. The van der Waals surface area contributed by atoms with Gasteiger partial charge in [0.1, 0.15) is 11.9 Å². The second-order valence-electron chi connectivity index (χ2n) is 6.58. The Kier molecular flexibility index (Phi) is 4.58. The van der Waals surface area contributed by atoms with Crippen LogP contribution in [0.2, 0.25) is 0 Å². The van der Waals surface area contributed by atoms with E-state index in [2.05, 4.69) is 15.4 Å². The number of rotatable bonds is 4. The van der Waals surface area contributed by atoms with Crippen LogP contribution in [0.1, 0.15) is 30.1 Å². The lowest BCUT2D eigenvalue weighted by Crippen LogP contribution is -2.53. The SMILES string of the molecule is CCn1nccc1N1CCCC(NC(=O)c2cnc3ccccc3c2)C1=O. The van der Waals surface area contributed by atoms with Gasteiger partial charge in [-0.05, 0) is 31.9 Å². The van der Waals surface area contributed by atoms with E-state index in [0.29, 0.717) is 25.1 Å². The van der Waals surface area contributed by atoms with Crippen LogP contribution < -0.4 is 10.2 Å². The second-order valence-corrected chi connectivity index (χ2v) is 6.58. The van der Waals surface area contributed by atoms with Crippen molar-refractivity contribution in [3.8, 4) is 0 Å². The molecule has 1 saturated heterocycles. The summed E-state index contributed by atoms with van der Waals surface area (Å²) in [6.07, 6.45) is 4.69. The zero-order valence-electron chi connectivity index (χ0n) is 15.1. The minimum absolute atomic E-state index is 0.0986. The number of benzene rings is 1. The highest BCUT2D eigenvalue weighted by molar-refractivity contribution is 6.03. The average Bonchev–Trinajstić information content (AvgIpc) is 3.17. The monoisotopic (exact) mass is 363 g/mol. The van der Waals surface area contributed by atoms with Crippen LogP contribution in [-0.4, -0.2) is 39.2 Å². The molecule has 0 radical (unpaired) electrons. The number of aromatic nitrogens is 3. The van der Waals surface area contributed by atoms with Crippen LogP contribution in [0.4, 0.5) is 5.82 Å². The number of pyridine rings is 1. The van der Waals surface area contributed by atoms with Gasteiger partial charge in [-0.15, -0.1) is 0 Å². The molecule has 1 fully saturated rings. The number of nitrogens with zero attached hydrogens (tertiary/aromatic N) is 4. The lowest BCUT2D eigenvalue weighted by molar-refractivity contribution is -0.121. The van der Waals surface area contributed by atoms with Gasteiger partial charge in [0.15, 0.2) is 0 Å². The molecule has 1 aromatic carbocycles. The lowest BCUT2D eigenvalue weighted by Gasteiger charge is -2.32. The molecule has 1 atom stereocenters. The number of hydrogen-bond donors (Lipinski definition) is 1. The van der Waals surface area contributed by atoms with E-state index in [9.17, 15) is 9.59 Å². The minimum Gasteiger partial charge on any atom is -0.340 e. The summed E-state index contributed by atoms with van der Waals surface area (Å²) in [5.74, 6) is 0.393. The first kappa shape index (κ1) is 17.2. The van der Waals surface area contributed by atoms with Gasteiger partial charge in [0, 0.05) is 30.7 Å². The van der Waals surface area contributed by atoms with Crippen LogP contribution in [0.25, 0.3) is 10.9 Å². The van der Waals surface area contributed by atoms with Crippen LogP contribution in [0.3, 0.4) is 0 Å². The van der Waals surface area contributed by atoms with E-state index in [-0.39, 0.29) is 11.8 Å². The third-order valence-electron chi connectivity index (χ3n) is 4.87. The highest BCUT2D eigenvalue weighted by Gasteiger charge is 2.32. The molecule has 0 spiro atoms. The summed E-state index contributed by atoms with van der Waals surface area (Å²) in [6.45, 7) is 3.30. The summed E-state index contributed by atoms with van der Waals surface area (Å²) < 4.78 is 1.79. The summed E-state index contributed by atoms with van der Waals surface area (Å²) in [5.41, 5.74) is 1.29. The van der Waals surface area contributed by atoms with Gasteiger partial charge in [-0.25, -0.2) is 4.68 Å². The zero-order chi connectivity index (χ0) is 18.8. The molecule has 3 heterocycles. The fourth-order valence-corrected chi connectivity index (χ4v) is 3.47. The summed E-state index contributed by atoms with van der Waals surface area (Å²) >= 11 is 0. The number of amides is 2. The fourth-order valence-electron chi connectivity index (χ4n) is 3.47. The van der Waals surface area contributed by atoms with E-state index in [4.69, 9.17) is 0 Å². The topological polar surface area (TPSA) is 80.1 Å². The van der Waals surface area contributed by atoms with E-state index < -0.39 is 6.04 Å². The number of fused-ring (bicyclic) bond motifs is 1. The molecular weight excluding hydrogens is 342 g/mol. The van der Waals surface area contributed by atoms with Crippen molar-refractivity contribution < 1.29 is 9.59 Å². The van der Waals surface area contributed by atoms with Crippen LogP contribution in [-0.2, 0) is 11.3 Å². The number of para-hydroxylation sites is 1. The number of nitrogens with one attached hydrogen (secondary N) is 1. The van der Waals surface area contributed by atoms with Gasteiger partial charge in [-0.1, -0.05) is 18.2 Å². The number of hydrogen-bond acceptors (Lipinski definition) is 4. The normalized spacial score (nSPS) is 17.3. The molecule has 27 heavy (non-hydrogen) atoms. The third-order valence-corrected chi connectivity index (χ3v) is 4.87. The van der Waals surface area contributed by atoms with Gasteiger partial charge < -0.3 is 5.32 Å². The standard InChI is InChI=1S/C20H21N5O2/c1-2-25-18(9-10-22-25)24-11-5-8-17(20(24)27)23-19(26)15-12-14-6-3-4-7-16(14)21-13-15/h3-4,6-7,9-10,12-13,17H,2,5,8,11H2,1H3,(H,23,26). The molecule has 7 nitrogen and oxygen atoms in total. The Hall–Kier alpha value is -3.22. The van der Waals surface area contributed by atoms with Crippen molar-refractivity contribution in [3.63, 3.8) is 0 Å². The Bertz CT molecular complexity index is 997. The number of piperidine rings is 1. The molecule has 1 aliphatic rings. The Morgan fingerprint density at radius 1 is 1.30 bits per heavy atom. The fraction of sp³-hybridized carbons (Fsp3) is 0.300. The number of carbonyl (C=O) groups is 2. The Labute approximate surface area is 157 Å². The minimum atomic E-state index is -0.544. The van der Waals surface area contributed by atoms with E-state index in [0.717, 1.165) is 23.1 Å². The van der Waals surface area contributed by atoms with Gasteiger partial charge in [0.05, 0.1) is 17.3 Å². The molecule has 0 bridgehead atoms. The first-order chi connectivity index (χ1) is 13.2. The Morgan fingerprint density at radius 2 is 2.15 bits per heavy atom. The first-order valence-corrected chi connectivity index (χ1v) is 9.16. The molecule has 138 valence electrons. The molecule has 0 saturated carbocycles. The van der Waals surface area contributed by atoms with Gasteiger partial charge in [0.2, 0.25) is 0 Å². The number of anilines is 1. The molecule has 1 aliphatic heterocycles. The van der Waals surface area contributed by atoms with Crippen LogP contribution in [0.15, 0.2) is 48.8 Å². The van der Waals surface area contributed by atoms with Crippen molar-refractivity contribution in [1.82, 2.24) is 20.1 Å². The van der Waals surface area contributed by atoms with Crippen molar-refractivity contribution in [2.75, 3.05) is 11.4 Å². The van der Waals surface area contributed by atoms with Gasteiger partial charge >= 0.3 is 0 Å². The van der Waals surface area contributed by atoms with E-state index >= 15 is 0 Å². The molecule has 4 rings (SSSR count). The number of aryl methyl sites for hydroxylation is 1. The maximum atomic E-state index is 12.9. The predicted molar refractivity (Wildman–Crippen MR) is 102 cm³/mol. The van der Waals surface area contributed by atoms with Crippen molar-refractivity contribution in [1.29, 1.82) is 0 Å². The van der Waals surface area contributed by atoms with Gasteiger partial charge in [-0.3, -0.25) is 19.5 Å². The molecular formula is C20H21N5O2. The van der Waals surface area contributed by atoms with Crippen LogP contribution >= 0.6 is 0 Å². The van der Waals surface area contributed by atoms with Crippen LogP contribution in [0.5, 0.6) is 0 Å². The van der Waals surface area contributed by atoms with E-state index in [1.54, 1.807) is 28.0 Å². The van der Waals surface area contributed by atoms with Gasteiger partial charge in [0.25, 0.3) is 11.8 Å². The molecule has 1 unspecified atom stereocenters. The maximum Gasteiger partial charge on any atom is 0.253 e. The lowest BCUT2D eigenvalue weighted by atomic mass is 10.0. The first-order valence-electron chi connectivity index (χ1n) is 9.16. The summed E-state index contributed by atoms with van der Waals surface area (Å²) in [6, 6.07) is 10.7. The van der Waals surface area contributed by atoms with Crippen molar-refractivity contribution in [3.05, 3.63) is 54.4 Å². The predicted octanol–water partition coefficient (Wildman–Crippen LogP) is 2.38. The van der Waals surface area contributed by atoms with Gasteiger partial charge in [-0.2, -0.15) is 5.10 Å². The van der Waals surface area contributed by atoms with E-state index in [1.165, 1.54) is 0 Å². The molecule has 2 amide bonds. The highest BCUT2D eigenvalue weighted by Crippen LogP contribution is 2.21. The molecule has 0 aliphatic carbocycles. The summed E-state index contributed by atoms with van der Waals surface area (Å²) in [4.78, 5) is 31.6. The largest absolute Gasteiger partial charge is 0.340 e. The quantitative estimate of drug-likeness (QED) is 0.772. The van der Waals surface area contributed by atoms with Crippen molar-refractivity contribution >= 4 is 28.5 Å². The molecule has 3 aromatic rings. The number of carbonyl (C=O) groups excluding carboxylic acids is 2. The Morgan fingerprint density at radius 3 is 3.00 bits per heavy atom. The van der Waals surface area contributed by atoms with Crippen molar-refractivity contribution in [2.45, 2.75) is 32.4 Å². The highest BCUT2D eigenvalue weighted by atomic mass is 16.2. The second kappa shape index (κ2) is 7.19. The van der Waals surface area contributed by atoms with E-state index in [1.807, 2.05) is 37.3 Å². The van der Waals surface area contributed by atoms with Crippen LogP contribution in [0, 0.1) is 0 Å². The smallest absolute Gasteiger partial charge is 0.253 e. The maximum absolute atomic E-state index is 12.9. The summed E-state index contributed by atoms with van der Waals surface area (Å²) in [5, 5.41) is 8.01.